The summed E-state index contributed by atoms with van der Waals surface area (Å²) in [4.78, 5) is 0. The largest absolute Gasteiger partial charge is 0.460 e. The van der Waals surface area contributed by atoms with Crippen molar-refractivity contribution < 1.29 is 39.5 Å². The zero-order valence-electron chi connectivity index (χ0n) is 12.7. The highest BCUT2D eigenvalue weighted by atomic mass is 31.1. The maximum absolute atomic E-state index is 14.6. The van der Waals surface area contributed by atoms with Crippen LogP contribution in [0, 0.1) is 0 Å². The van der Waals surface area contributed by atoms with Crippen molar-refractivity contribution in [3.05, 3.63) is 60.7 Å². The maximum atomic E-state index is 14.6. The predicted molar refractivity (Wildman–Crippen MR) is 81.4 cm³/mol. The van der Waals surface area contributed by atoms with Gasteiger partial charge in [0.2, 0.25) is 0 Å². The van der Waals surface area contributed by atoms with E-state index in [-0.39, 0.29) is 0 Å². The van der Waals surface area contributed by atoms with Gasteiger partial charge in [-0.25, -0.2) is 0 Å². The van der Waals surface area contributed by atoms with E-state index in [0.29, 0.717) is 0 Å². The molecule has 0 N–H and O–H groups in total. The number of halogens is 9. The molecule has 142 valence electrons. The molecule has 0 aromatic heterocycles. The van der Waals surface area contributed by atoms with Crippen molar-refractivity contribution in [1.29, 1.82) is 0 Å². The second-order valence-electron chi connectivity index (χ2n) is 5.33. The van der Waals surface area contributed by atoms with E-state index < -0.39 is 42.2 Å². The van der Waals surface area contributed by atoms with Crippen LogP contribution in [0.3, 0.4) is 0 Å². The topological polar surface area (TPSA) is 0 Å². The Morgan fingerprint density at radius 3 is 1.15 bits per heavy atom. The first kappa shape index (κ1) is 20.6. The van der Waals surface area contributed by atoms with Crippen molar-refractivity contribution in [1.82, 2.24) is 0 Å². The normalized spacial score (nSPS) is 13.9. The molecule has 2 rings (SSSR count). The van der Waals surface area contributed by atoms with E-state index in [4.69, 9.17) is 0 Å². The van der Waals surface area contributed by atoms with Crippen LogP contribution in [0.25, 0.3) is 0 Å². The monoisotopic (exact) mass is 405 g/mol. The molecule has 2 aromatic carbocycles. The second kappa shape index (κ2) is 6.76. The summed E-state index contributed by atoms with van der Waals surface area (Å²) < 4.78 is 121. The molecule has 0 aliphatic carbocycles. The summed E-state index contributed by atoms with van der Waals surface area (Å²) in [6.07, 6.45) is -6.83. The molecule has 0 saturated carbocycles. The average molecular weight is 405 g/mol. The van der Waals surface area contributed by atoms with Crippen LogP contribution in [0.5, 0.6) is 0 Å². The van der Waals surface area contributed by atoms with Gasteiger partial charge in [0.1, 0.15) is 18.5 Å². The van der Waals surface area contributed by atoms with E-state index in [1.807, 2.05) is 0 Å². The van der Waals surface area contributed by atoms with Crippen molar-refractivity contribution in [2.45, 2.75) is 23.7 Å². The molecule has 26 heavy (non-hydrogen) atoms. The van der Waals surface area contributed by atoms with Crippen LogP contribution in [0.15, 0.2) is 60.7 Å². The molecule has 0 spiro atoms. The van der Waals surface area contributed by atoms with Gasteiger partial charge < -0.3 is 0 Å². The Labute approximate surface area is 143 Å². The highest BCUT2D eigenvalue weighted by Crippen LogP contribution is 2.64. The standard InChI is InChI=1S/C16H10F9P/c17-13(18,15(21,22)23)14(19,20)16(24,25)26(11-7-3-1-4-8-11)12-9-5-2-6-10-12/h1-10H/p+1. The van der Waals surface area contributed by atoms with Gasteiger partial charge in [0.05, 0.1) is 0 Å². The van der Waals surface area contributed by atoms with Crippen molar-refractivity contribution in [2.75, 3.05) is 0 Å². The Morgan fingerprint density at radius 1 is 0.500 bits per heavy atom. The van der Waals surface area contributed by atoms with Crippen LogP contribution in [0.1, 0.15) is 0 Å². The minimum absolute atomic E-state index is 0.425. The third kappa shape index (κ3) is 3.29. The molecule has 0 unspecified atom stereocenters. The lowest BCUT2D eigenvalue weighted by molar-refractivity contribution is -0.381. The Balaban J connectivity index is 2.67. The first-order chi connectivity index (χ1) is 11.8. The number of alkyl halides is 9. The fourth-order valence-electron chi connectivity index (χ4n) is 2.27. The summed E-state index contributed by atoms with van der Waals surface area (Å²) in [5.74, 6) is -13.5. The molecule has 0 nitrogen and oxygen atoms in total. The van der Waals surface area contributed by atoms with Crippen LogP contribution in [-0.2, 0) is 0 Å². The number of hydrogen-bond donors (Lipinski definition) is 0. The molecule has 0 aliphatic heterocycles. The van der Waals surface area contributed by atoms with E-state index in [0.717, 1.165) is 24.3 Å². The summed E-state index contributed by atoms with van der Waals surface area (Å²) in [7, 11) is -4.04. The van der Waals surface area contributed by atoms with Crippen molar-refractivity contribution in [2.24, 2.45) is 0 Å². The van der Waals surface area contributed by atoms with Gasteiger partial charge >= 0.3 is 23.7 Å². The number of hydrogen-bond acceptors (Lipinski definition) is 0. The highest BCUT2D eigenvalue weighted by molar-refractivity contribution is 7.74. The average Bonchev–Trinajstić information content (AvgIpc) is 2.55. The zero-order valence-corrected chi connectivity index (χ0v) is 13.7. The third-order valence-electron chi connectivity index (χ3n) is 3.58. The van der Waals surface area contributed by atoms with E-state index >= 15 is 0 Å². The minimum Gasteiger partial charge on any atom is -0.189 e. The van der Waals surface area contributed by atoms with Crippen molar-refractivity contribution in [3.8, 4) is 0 Å². The van der Waals surface area contributed by atoms with E-state index in [1.54, 1.807) is 0 Å². The fraction of sp³-hybridized carbons (Fsp3) is 0.250. The molecule has 0 saturated heterocycles. The summed E-state index contributed by atoms with van der Waals surface area (Å²) in [5, 5.41) is -0.849. The van der Waals surface area contributed by atoms with Gasteiger partial charge in [-0.1, -0.05) is 36.4 Å². The Bertz CT molecular complexity index is 687. The molecule has 10 heteroatoms. The van der Waals surface area contributed by atoms with Crippen LogP contribution in [-0.4, -0.2) is 23.7 Å². The molecular weight excluding hydrogens is 394 g/mol. The second-order valence-corrected chi connectivity index (χ2v) is 7.86. The van der Waals surface area contributed by atoms with E-state index in [1.165, 1.54) is 36.4 Å². The van der Waals surface area contributed by atoms with Crippen LogP contribution >= 0.6 is 7.92 Å². The van der Waals surface area contributed by atoms with Gasteiger partial charge in [-0.05, 0) is 24.3 Å². The molecule has 0 radical (unpaired) electrons. The van der Waals surface area contributed by atoms with Gasteiger partial charge in [0.25, 0.3) is 0 Å². The maximum Gasteiger partial charge on any atom is 0.460 e. The van der Waals surface area contributed by atoms with E-state index in [9.17, 15) is 39.5 Å². The van der Waals surface area contributed by atoms with Crippen molar-refractivity contribution in [3.63, 3.8) is 0 Å². The lowest BCUT2D eigenvalue weighted by Crippen LogP contribution is -2.61. The van der Waals surface area contributed by atoms with Gasteiger partial charge in [0, 0.05) is 0 Å². The zero-order chi connectivity index (χ0) is 19.8. The van der Waals surface area contributed by atoms with Crippen LogP contribution < -0.4 is 10.6 Å². The lowest BCUT2D eigenvalue weighted by atomic mass is 10.1. The fourth-order valence-corrected chi connectivity index (χ4v) is 4.85. The molecule has 0 amide bonds. The number of rotatable bonds is 5. The minimum atomic E-state index is -6.90. The quantitative estimate of drug-likeness (QED) is 0.469. The molecule has 0 atom stereocenters. The first-order valence-electron chi connectivity index (χ1n) is 7.02. The molecular formula is C16H11F9P+. The van der Waals surface area contributed by atoms with Gasteiger partial charge in [-0.15, -0.1) is 0 Å². The summed E-state index contributed by atoms with van der Waals surface area (Å²) >= 11 is 0. The van der Waals surface area contributed by atoms with Gasteiger partial charge in [-0.2, -0.15) is 39.5 Å². The molecule has 0 fully saturated rings. The smallest absolute Gasteiger partial charge is 0.189 e. The highest BCUT2D eigenvalue weighted by Gasteiger charge is 2.86. The summed E-state index contributed by atoms with van der Waals surface area (Å²) in [6, 6.07) is 11.6. The molecule has 0 bridgehead atoms. The Hall–Kier alpha value is -1.76. The molecule has 0 heterocycles. The Morgan fingerprint density at radius 2 is 0.846 bits per heavy atom. The van der Waals surface area contributed by atoms with Gasteiger partial charge in [-0.3, -0.25) is 0 Å². The SMILES string of the molecule is FC(F)(F)C(F)(F)C(F)(F)C(F)(F)[PH+](c1ccccc1)c1ccccc1. The van der Waals surface area contributed by atoms with Crippen LogP contribution in [0.4, 0.5) is 39.5 Å². The lowest BCUT2D eigenvalue weighted by Gasteiger charge is -2.33. The van der Waals surface area contributed by atoms with Crippen molar-refractivity contribution >= 4 is 18.5 Å². The third-order valence-corrected chi connectivity index (χ3v) is 6.35. The summed E-state index contributed by atoms with van der Waals surface area (Å²) in [6.45, 7) is 0. The summed E-state index contributed by atoms with van der Waals surface area (Å²) in [5.41, 5.74) is -5.64. The van der Waals surface area contributed by atoms with Gasteiger partial charge in [0.15, 0.2) is 0 Å². The Kier molecular flexibility index (Phi) is 5.34. The number of benzene rings is 2. The van der Waals surface area contributed by atoms with Crippen LogP contribution in [0.2, 0.25) is 0 Å². The van der Waals surface area contributed by atoms with E-state index in [2.05, 4.69) is 0 Å². The molecule has 2 aromatic rings. The molecule has 0 aliphatic rings. The first-order valence-corrected chi connectivity index (χ1v) is 8.52. The predicted octanol–water partition coefficient (Wildman–Crippen LogP) is 5.28.